The number of aromatic nitrogens is 3. The fourth-order valence-corrected chi connectivity index (χ4v) is 4.20. The zero-order chi connectivity index (χ0) is 24.2. The molecular formula is C24H29N9O. The van der Waals surface area contributed by atoms with E-state index in [0.29, 0.717) is 36.8 Å². The second kappa shape index (κ2) is 9.79. The van der Waals surface area contributed by atoms with Crippen molar-refractivity contribution in [3.63, 3.8) is 0 Å². The Balaban J connectivity index is 1.56. The summed E-state index contributed by atoms with van der Waals surface area (Å²) >= 11 is 0. The number of anilines is 1. The van der Waals surface area contributed by atoms with Crippen LogP contribution in [0, 0.1) is 18.4 Å². The maximum Gasteiger partial charge on any atom is 0.251 e. The number of carbonyl (C=O) groups excluding carboxylic acids is 1. The molecule has 2 aromatic heterocycles. The van der Waals surface area contributed by atoms with Gasteiger partial charge in [0.25, 0.3) is 5.91 Å². The molecule has 4 rings (SSSR count). The van der Waals surface area contributed by atoms with Gasteiger partial charge in [0.2, 0.25) is 5.96 Å². The Morgan fingerprint density at radius 3 is 2.88 bits per heavy atom. The van der Waals surface area contributed by atoms with Crippen LogP contribution in [0.25, 0.3) is 11.0 Å². The number of aliphatic imine (C=N–C) groups is 1. The van der Waals surface area contributed by atoms with Gasteiger partial charge in [-0.3, -0.25) is 10.1 Å². The van der Waals surface area contributed by atoms with E-state index in [4.69, 9.17) is 0 Å². The molecule has 1 aliphatic rings. The molecule has 0 saturated carbocycles. The molecule has 0 unspecified atom stereocenters. The van der Waals surface area contributed by atoms with Gasteiger partial charge in [-0.2, -0.15) is 5.26 Å². The van der Waals surface area contributed by atoms with E-state index in [0.717, 1.165) is 22.4 Å². The molecule has 3 aromatic rings. The molecule has 1 aromatic carbocycles. The largest absolute Gasteiger partial charge is 0.352 e. The zero-order valence-corrected chi connectivity index (χ0v) is 19.8. The maximum absolute atomic E-state index is 12.4. The molecule has 10 nitrogen and oxygen atoms in total. The number of piperazine rings is 1. The van der Waals surface area contributed by atoms with Crippen molar-refractivity contribution in [2.75, 3.05) is 24.5 Å². The number of amides is 1. The van der Waals surface area contributed by atoms with Crippen LogP contribution in [0.5, 0.6) is 0 Å². The number of carbonyl (C=O) groups is 1. The Bertz CT molecular complexity index is 1260. The molecule has 1 fully saturated rings. The minimum atomic E-state index is -0.153. The number of aryl methyl sites for hydroxylation is 1. The van der Waals surface area contributed by atoms with Gasteiger partial charge in [-0.15, -0.1) is 0 Å². The van der Waals surface area contributed by atoms with Gasteiger partial charge in [0, 0.05) is 43.5 Å². The first kappa shape index (κ1) is 23.0. The Morgan fingerprint density at radius 1 is 1.32 bits per heavy atom. The molecule has 0 aliphatic carbocycles. The Kier molecular flexibility index (Phi) is 6.63. The Labute approximate surface area is 198 Å². The van der Waals surface area contributed by atoms with E-state index in [-0.39, 0.29) is 18.0 Å². The van der Waals surface area contributed by atoms with E-state index < -0.39 is 0 Å². The highest BCUT2D eigenvalue weighted by Gasteiger charge is 2.28. The molecule has 3 N–H and O–H groups in total. The summed E-state index contributed by atoms with van der Waals surface area (Å²) in [6.07, 6.45) is 5.53. The molecule has 1 amide bonds. The topological polar surface area (TPSA) is 125 Å². The number of hydrogen-bond donors (Lipinski definition) is 3. The number of aromatic amines is 1. The highest BCUT2D eigenvalue weighted by Crippen LogP contribution is 2.28. The zero-order valence-electron chi connectivity index (χ0n) is 19.8. The molecular weight excluding hydrogens is 430 g/mol. The fraction of sp³-hybridized carbons (Fsp3) is 0.375. The quantitative estimate of drug-likeness (QED) is 0.237. The predicted octanol–water partition coefficient (Wildman–Crippen LogP) is 2.67. The van der Waals surface area contributed by atoms with Crippen LogP contribution in [0.15, 0.2) is 41.8 Å². The number of nitriles is 1. The molecule has 3 heterocycles. The van der Waals surface area contributed by atoms with Crippen LogP contribution < -0.4 is 15.5 Å². The minimum absolute atomic E-state index is 0.0406. The first-order chi connectivity index (χ1) is 16.4. The standard InChI is InChI=1S/C24H29N9O/c1-15(2)30-23(34)18-6-5-7-19(10-18)31-24(27-13-25)33-9-8-32(12-17(33)4)22-20-16(3)11-26-21(20)28-14-29-22/h5-7,10-11,14-15,17H,8-9,12H2,1-4H3,(H,27,31)(H,30,34)(H,26,28,29)/t17-/m0/s1. The summed E-state index contributed by atoms with van der Waals surface area (Å²) in [5, 5.41) is 16.0. The van der Waals surface area contributed by atoms with Crippen molar-refractivity contribution >= 4 is 34.4 Å². The van der Waals surface area contributed by atoms with Crippen molar-refractivity contribution in [2.24, 2.45) is 4.99 Å². The van der Waals surface area contributed by atoms with E-state index in [1.54, 1.807) is 24.5 Å². The second-order valence-corrected chi connectivity index (χ2v) is 8.73. The molecule has 0 radical (unpaired) electrons. The van der Waals surface area contributed by atoms with Gasteiger partial charge in [0.15, 0.2) is 6.19 Å². The van der Waals surface area contributed by atoms with E-state index in [2.05, 4.69) is 47.3 Å². The van der Waals surface area contributed by atoms with Crippen molar-refractivity contribution in [1.82, 2.24) is 30.5 Å². The molecule has 176 valence electrons. The summed E-state index contributed by atoms with van der Waals surface area (Å²) in [6.45, 7) is 10.0. The molecule has 10 heteroatoms. The third kappa shape index (κ3) is 4.78. The van der Waals surface area contributed by atoms with Crippen molar-refractivity contribution in [2.45, 2.75) is 39.8 Å². The van der Waals surface area contributed by atoms with Gasteiger partial charge in [0.05, 0.1) is 11.1 Å². The lowest BCUT2D eigenvalue weighted by atomic mass is 10.1. The number of rotatable bonds is 4. The number of fused-ring (bicyclic) bond motifs is 1. The summed E-state index contributed by atoms with van der Waals surface area (Å²) in [4.78, 5) is 33.5. The van der Waals surface area contributed by atoms with Crippen molar-refractivity contribution in [3.8, 4) is 6.19 Å². The normalized spacial score (nSPS) is 16.6. The van der Waals surface area contributed by atoms with Crippen LogP contribution in [0.2, 0.25) is 0 Å². The lowest BCUT2D eigenvalue weighted by Gasteiger charge is -2.41. The summed E-state index contributed by atoms with van der Waals surface area (Å²) in [5.74, 6) is 1.22. The summed E-state index contributed by atoms with van der Waals surface area (Å²) < 4.78 is 0. The monoisotopic (exact) mass is 459 g/mol. The van der Waals surface area contributed by atoms with E-state index in [1.807, 2.05) is 39.2 Å². The van der Waals surface area contributed by atoms with Gasteiger partial charge in [-0.05, 0) is 51.5 Å². The molecule has 34 heavy (non-hydrogen) atoms. The fourth-order valence-electron chi connectivity index (χ4n) is 4.20. The highest BCUT2D eigenvalue weighted by molar-refractivity contribution is 5.95. The lowest BCUT2D eigenvalue weighted by molar-refractivity contribution is 0.0943. The third-order valence-electron chi connectivity index (χ3n) is 5.78. The van der Waals surface area contributed by atoms with Crippen LogP contribution in [0.3, 0.4) is 0 Å². The van der Waals surface area contributed by atoms with Crippen molar-refractivity contribution < 1.29 is 4.79 Å². The Hall–Kier alpha value is -4.13. The molecule has 1 atom stereocenters. The van der Waals surface area contributed by atoms with Crippen LogP contribution in [0.1, 0.15) is 36.7 Å². The predicted molar refractivity (Wildman–Crippen MR) is 132 cm³/mol. The third-order valence-corrected chi connectivity index (χ3v) is 5.78. The van der Waals surface area contributed by atoms with Gasteiger partial charge in [-0.1, -0.05) is 6.07 Å². The van der Waals surface area contributed by atoms with E-state index in [1.165, 1.54) is 0 Å². The number of nitrogens with one attached hydrogen (secondary N) is 3. The highest BCUT2D eigenvalue weighted by atomic mass is 16.1. The number of hydrogen-bond acceptors (Lipinski definition) is 6. The van der Waals surface area contributed by atoms with Crippen LogP contribution in [-0.2, 0) is 0 Å². The summed E-state index contributed by atoms with van der Waals surface area (Å²) in [7, 11) is 0. The summed E-state index contributed by atoms with van der Waals surface area (Å²) in [6, 6.07) is 7.19. The van der Waals surface area contributed by atoms with Crippen LogP contribution >= 0.6 is 0 Å². The molecule has 1 saturated heterocycles. The first-order valence-corrected chi connectivity index (χ1v) is 11.3. The second-order valence-electron chi connectivity index (χ2n) is 8.73. The summed E-state index contributed by atoms with van der Waals surface area (Å²) in [5.41, 5.74) is 3.06. The van der Waals surface area contributed by atoms with Crippen molar-refractivity contribution in [3.05, 3.63) is 47.9 Å². The van der Waals surface area contributed by atoms with E-state index in [9.17, 15) is 10.1 Å². The van der Waals surface area contributed by atoms with Gasteiger partial charge >= 0.3 is 0 Å². The average molecular weight is 460 g/mol. The molecule has 0 spiro atoms. The number of benzene rings is 1. The number of nitrogens with zero attached hydrogens (tertiary/aromatic N) is 6. The smallest absolute Gasteiger partial charge is 0.251 e. The maximum atomic E-state index is 12.4. The van der Waals surface area contributed by atoms with Gasteiger partial charge in [0.1, 0.15) is 17.8 Å². The minimum Gasteiger partial charge on any atom is -0.352 e. The van der Waals surface area contributed by atoms with Gasteiger partial charge < -0.3 is 20.1 Å². The molecule has 1 aliphatic heterocycles. The lowest BCUT2D eigenvalue weighted by Crippen LogP contribution is -2.56. The van der Waals surface area contributed by atoms with Gasteiger partial charge in [-0.25, -0.2) is 15.0 Å². The Morgan fingerprint density at radius 2 is 2.15 bits per heavy atom. The number of H-pyrrole nitrogens is 1. The van der Waals surface area contributed by atoms with Crippen LogP contribution in [0.4, 0.5) is 11.5 Å². The van der Waals surface area contributed by atoms with E-state index >= 15 is 0 Å². The average Bonchev–Trinajstić information content (AvgIpc) is 3.19. The SMILES string of the molecule is Cc1c[nH]c2ncnc(N3CCN(C(=Nc4cccc(C(=O)NC(C)C)c4)NC#N)[C@@H](C)C3)c12. The van der Waals surface area contributed by atoms with Crippen LogP contribution in [-0.4, -0.2) is 63.4 Å². The first-order valence-electron chi connectivity index (χ1n) is 11.3. The van der Waals surface area contributed by atoms with Crippen molar-refractivity contribution in [1.29, 1.82) is 5.26 Å². The number of guanidine groups is 1. The molecule has 0 bridgehead atoms.